The van der Waals surface area contributed by atoms with Gasteiger partial charge < -0.3 is 14.4 Å². The van der Waals surface area contributed by atoms with Gasteiger partial charge in [0.05, 0.1) is 32.0 Å². The monoisotopic (exact) mass is 613 g/mol. The molecule has 11 nitrogen and oxygen atoms in total. The average molecular weight is 614 g/mol. The predicted molar refractivity (Wildman–Crippen MR) is 160 cm³/mol. The highest BCUT2D eigenvalue weighted by Gasteiger charge is 2.31. The second-order valence-electron chi connectivity index (χ2n) is 10.3. The van der Waals surface area contributed by atoms with Crippen LogP contribution in [0.2, 0.25) is 0 Å². The van der Waals surface area contributed by atoms with Crippen molar-refractivity contribution < 1.29 is 17.5 Å². The molecule has 216 valence electrons. The van der Waals surface area contributed by atoms with Crippen LogP contribution < -0.4 is 5.32 Å². The molecule has 6 rings (SSSR count). The fourth-order valence-corrected chi connectivity index (χ4v) is 9.05. The molecule has 5 aromatic rings. The van der Waals surface area contributed by atoms with Crippen molar-refractivity contribution in [3.63, 3.8) is 0 Å². The van der Waals surface area contributed by atoms with Crippen LogP contribution in [-0.4, -0.2) is 76.7 Å². The highest BCUT2D eigenvalue weighted by atomic mass is 32.2. The number of nitrogens with zero attached hydrogens (tertiary/aromatic N) is 6. The second kappa shape index (κ2) is 10.9. The van der Waals surface area contributed by atoms with E-state index in [-0.39, 0.29) is 6.04 Å². The molecule has 41 heavy (non-hydrogen) atoms. The van der Waals surface area contributed by atoms with Gasteiger partial charge in [0.15, 0.2) is 5.76 Å². The lowest BCUT2D eigenvalue weighted by Crippen LogP contribution is -2.50. The van der Waals surface area contributed by atoms with E-state index in [0.717, 1.165) is 61.3 Å². The van der Waals surface area contributed by atoms with Gasteiger partial charge >= 0.3 is 0 Å². The third-order valence-corrected chi connectivity index (χ3v) is 11.9. The van der Waals surface area contributed by atoms with Gasteiger partial charge in [-0.1, -0.05) is 10.3 Å². The molecule has 0 aromatic carbocycles. The van der Waals surface area contributed by atoms with E-state index in [1.165, 1.54) is 11.3 Å². The van der Waals surface area contributed by atoms with E-state index in [1.807, 2.05) is 27.7 Å². The zero-order chi connectivity index (χ0) is 28.9. The Labute approximate surface area is 246 Å². The Kier molecular flexibility index (Phi) is 7.44. The highest BCUT2D eigenvalue weighted by molar-refractivity contribution is 7.91. The zero-order valence-corrected chi connectivity index (χ0v) is 25.9. The lowest BCUT2D eigenvalue weighted by Gasteiger charge is -2.35. The number of piperazine rings is 1. The number of anilines is 1. The summed E-state index contributed by atoms with van der Waals surface area (Å²) in [6.07, 6.45) is 1.58. The van der Waals surface area contributed by atoms with Crippen LogP contribution in [0.15, 0.2) is 37.1 Å². The molecule has 0 saturated carbocycles. The molecular formula is C27H31N7O4S3. The van der Waals surface area contributed by atoms with Crippen molar-refractivity contribution in [2.75, 3.05) is 38.0 Å². The maximum Gasteiger partial charge on any atom is 0.252 e. The molecular weight excluding hydrogens is 583 g/mol. The minimum absolute atomic E-state index is 0.0920. The largest absolute Gasteiger partial charge is 0.365 e. The summed E-state index contributed by atoms with van der Waals surface area (Å²) in [5.41, 5.74) is 5.42. The Hall–Kier alpha value is -3.17. The normalized spacial score (nSPS) is 16.0. The molecule has 6 heterocycles. The van der Waals surface area contributed by atoms with E-state index in [9.17, 15) is 8.42 Å². The van der Waals surface area contributed by atoms with Crippen molar-refractivity contribution in [3.8, 4) is 21.8 Å². The van der Waals surface area contributed by atoms with Gasteiger partial charge in [0.1, 0.15) is 22.1 Å². The number of nitrogens with one attached hydrogen (secondary N) is 1. The van der Waals surface area contributed by atoms with E-state index < -0.39 is 10.0 Å². The Morgan fingerprint density at radius 2 is 1.78 bits per heavy atom. The molecule has 0 aliphatic carbocycles. The third-order valence-electron chi connectivity index (χ3n) is 7.46. The van der Waals surface area contributed by atoms with Gasteiger partial charge in [0.2, 0.25) is 0 Å². The summed E-state index contributed by atoms with van der Waals surface area (Å²) in [5, 5.41) is 13.7. The first-order valence-electron chi connectivity index (χ1n) is 13.3. The van der Waals surface area contributed by atoms with E-state index in [4.69, 9.17) is 9.05 Å². The van der Waals surface area contributed by atoms with Crippen LogP contribution in [0.1, 0.15) is 29.6 Å². The number of fused-ring (bicyclic) bond motifs is 1. The quantitative estimate of drug-likeness (QED) is 0.252. The molecule has 0 radical (unpaired) electrons. The molecule has 14 heteroatoms. The van der Waals surface area contributed by atoms with Crippen LogP contribution in [0.4, 0.5) is 5.82 Å². The van der Waals surface area contributed by atoms with Gasteiger partial charge in [-0.3, -0.25) is 4.90 Å². The third kappa shape index (κ3) is 5.18. The number of aromatic nitrogens is 4. The first-order valence-corrected chi connectivity index (χ1v) is 16.4. The van der Waals surface area contributed by atoms with Gasteiger partial charge in [-0.15, -0.1) is 22.7 Å². The molecule has 0 amide bonds. The standard InChI is InChI=1S/C27H31N7O4S3/c1-15(30-27-26-24(28-14-29-27)20(13-39-26)23-18(4)32-37-19(23)5)12-33-8-10-34(11-9-33)41(35,36)22-7-6-21(40-22)25-16(2)17(3)31-38-25/h6-7,13-15H,8-12H2,1-5H3,(H,28,29,30). The molecule has 1 aliphatic rings. The Balaban J connectivity index is 1.09. The van der Waals surface area contributed by atoms with E-state index in [2.05, 4.69) is 42.8 Å². The Morgan fingerprint density at radius 1 is 1.02 bits per heavy atom. The van der Waals surface area contributed by atoms with Gasteiger partial charge in [0.25, 0.3) is 10.0 Å². The molecule has 1 atom stereocenters. The summed E-state index contributed by atoms with van der Waals surface area (Å²) in [4.78, 5) is 12.1. The molecule has 0 spiro atoms. The fraction of sp³-hybridized carbons (Fsp3) is 0.407. The van der Waals surface area contributed by atoms with Crippen molar-refractivity contribution >= 4 is 48.7 Å². The number of rotatable bonds is 8. The summed E-state index contributed by atoms with van der Waals surface area (Å²) in [5.74, 6) is 2.19. The van der Waals surface area contributed by atoms with Gasteiger partial charge in [0, 0.05) is 55.3 Å². The van der Waals surface area contributed by atoms with Crippen molar-refractivity contribution in [2.24, 2.45) is 0 Å². The molecule has 1 saturated heterocycles. The maximum atomic E-state index is 13.4. The maximum absolute atomic E-state index is 13.4. The van der Waals surface area contributed by atoms with Crippen molar-refractivity contribution in [1.29, 1.82) is 0 Å². The number of sulfonamides is 1. The second-order valence-corrected chi connectivity index (χ2v) is 14.5. The predicted octanol–water partition coefficient (Wildman–Crippen LogP) is 5.10. The first kappa shape index (κ1) is 28.0. The number of hydrogen-bond acceptors (Lipinski definition) is 12. The van der Waals surface area contributed by atoms with Crippen LogP contribution in [0.5, 0.6) is 0 Å². The van der Waals surface area contributed by atoms with Crippen molar-refractivity contribution in [3.05, 3.63) is 46.6 Å². The summed E-state index contributed by atoms with van der Waals surface area (Å²) < 4.78 is 40.4. The van der Waals surface area contributed by atoms with Crippen LogP contribution in [0.25, 0.3) is 32.0 Å². The zero-order valence-electron chi connectivity index (χ0n) is 23.5. The number of hydrogen-bond donors (Lipinski definition) is 1. The SMILES string of the molecule is Cc1noc(-c2ccc(S(=O)(=O)N3CCN(CC(C)Nc4ncnc5c(-c6c(C)noc6C)csc45)CC3)s2)c1C. The number of thiophene rings is 2. The topological polar surface area (TPSA) is 130 Å². The molecule has 1 unspecified atom stereocenters. The lowest BCUT2D eigenvalue weighted by molar-refractivity contribution is 0.184. The van der Waals surface area contributed by atoms with Crippen LogP contribution in [-0.2, 0) is 10.0 Å². The highest BCUT2D eigenvalue weighted by Crippen LogP contribution is 2.39. The summed E-state index contributed by atoms with van der Waals surface area (Å²) in [7, 11) is -3.58. The average Bonchev–Trinajstić information content (AvgIpc) is 3.73. The van der Waals surface area contributed by atoms with Crippen LogP contribution >= 0.6 is 22.7 Å². The minimum Gasteiger partial charge on any atom is -0.365 e. The van der Waals surface area contributed by atoms with Gasteiger partial charge in [-0.25, -0.2) is 18.4 Å². The van der Waals surface area contributed by atoms with Gasteiger partial charge in [-0.2, -0.15) is 4.31 Å². The van der Waals surface area contributed by atoms with Gasteiger partial charge in [-0.05, 0) is 46.8 Å². The molecule has 0 bridgehead atoms. The summed E-state index contributed by atoms with van der Waals surface area (Å²) in [6, 6.07) is 3.55. The van der Waals surface area contributed by atoms with Crippen molar-refractivity contribution in [1.82, 2.24) is 29.5 Å². The van der Waals surface area contributed by atoms with Crippen LogP contribution in [0, 0.1) is 27.7 Å². The Bertz CT molecular complexity index is 1790. The van der Waals surface area contributed by atoms with E-state index in [1.54, 1.807) is 34.1 Å². The fourth-order valence-electron chi connectivity index (χ4n) is 5.17. The first-order chi connectivity index (χ1) is 19.6. The smallest absolute Gasteiger partial charge is 0.252 e. The molecule has 5 aromatic heterocycles. The minimum atomic E-state index is -3.58. The Morgan fingerprint density at radius 3 is 2.46 bits per heavy atom. The summed E-state index contributed by atoms with van der Waals surface area (Å²) in [6.45, 7) is 12.7. The molecule has 1 aliphatic heterocycles. The number of aryl methyl sites for hydroxylation is 3. The lowest BCUT2D eigenvalue weighted by atomic mass is 10.1. The molecule has 1 fully saturated rings. The molecule has 1 N–H and O–H groups in total. The van der Waals surface area contributed by atoms with Crippen molar-refractivity contribution in [2.45, 2.75) is 44.9 Å². The van der Waals surface area contributed by atoms with E-state index in [0.29, 0.717) is 36.1 Å². The summed E-state index contributed by atoms with van der Waals surface area (Å²) >= 11 is 2.82. The van der Waals surface area contributed by atoms with Crippen LogP contribution in [0.3, 0.4) is 0 Å². The van der Waals surface area contributed by atoms with E-state index >= 15 is 0 Å².